The van der Waals surface area contributed by atoms with Gasteiger partial charge >= 0.3 is 11.9 Å². The molecule has 0 radical (unpaired) electrons. The van der Waals surface area contributed by atoms with Gasteiger partial charge in [0, 0.05) is 5.92 Å². The first kappa shape index (κ1) is 13.4. The van der Waals surface area contributed by atoms with Gasteiger partial charge in [0.2, 0.25) is 0 Å². The molecule has 0 N–H and O–H groups in total. The SMILES string of the molecule is COC(=O)[C@@H]1C(=O)OC(C)(C)[C@H]2CC[C@H](C)C[C@H]12. The fraction of sp³-hybridized carbons (Fsp3) is 0.857. The summed E-state index contributed by atoms with van der Waals surface area (Å²) >= 11 is 0. The molecule has 0 spiro atoms. The van der Waals surface area contributed by atoms with Gasteiger partial charge in [0.1, 0.15) is 5.60 Å². The lowest BCUT2D eigenvalue weighted by Gasteiger charge is -2.49. The second-order valence-corrected chi connectivity index (χ2v) is 6.21. The van der Waals surface area contributed by atoms with Crippen molar-refractivity contribution in [2.45, 2.75) is 45.6 Å². The van der Waals surface area contributed by atoms with E-state index in [0.29, 0.717) is 5.92 Å². The largest absolute Gasteiger partial charge is 0.468 e. The molecule has 2 fully saturated rings. The first-order valence-electron chi connectivity index (χ1n) is 6.67. The van der Waals surface area contributed by atoms with E-state index >= 15 is 0 Å². The van der Waals surface area contributed by atoms with E-state index in [0.717, 1.165) is 19.3 Å². The van der Waals surface area contributed by atoms with Gasteiger partial charge in [-0.2, -0.15) is 0 Å². The number of hydrogen-bond donors (Lipinski definition) is 0. The maximum atomic E-state index is 12.0. The van der Waals surface area contributed by atoms with Gasteiger partial charge in [-0.25, -0.2) is 0 Å². The zero-order valence-corrected chi connectivity index (χ0v) is 11.6. The summed E-state index contributed by atoms with van der Waals surface area (Å²) in [5.41, 5.74) is -0.466. The number of ether oxygens (including phenoxy) is 2. The third-order valence-corrected chi connectivity index (χ3v) is 4.56. The van der Waals surface area contributed by atoms with Gasteiger partial charge in [0.25, 0.3) is 0 Å². The molecule has 18 heavy (non-hydrogen) atoms. The number of esters is 2. The summed E-state index contributed by atoms with van der Waals surface area (Å²) in [5.74, 6) is -0.703. The number of methoxy groups -OCH3 is 1. The van der Waals surface area contributed by atoms with Crippen LogP contribution in [0, 0.1) is 23.7 Å². The number of hydrogen-bond acceptors (Lipinski definition) is 4. The Balaban J connectivity index is 2.31. The van der Waals surface area contributed by atoms with Crippen molar-refractivity contribution in [3.05, 3.63) is 0 Å². The predicted octanol–water partition coefficient (Wildman–Crippen LogP) is 2.16. The molecule has 2 rings (SSSR count). The smallest absolute Gasteiger partial charge is 0.321 e. The number of carbonyl (C=O) groups excluding carboxylic acids is 2. The highest BCUT2D eigenvalue weighted by atomic mass is 16.6. The standard InChI is InChI=1S/C14H22O4/c1-8-5-6-10-9(7-8)11(12(15)17-4)13(16)18-14(10,2)3/h8-11H,5-7H2,1-4H3/t8-,9-,10-,11+/m0/s1. The Hall–Kier alpha value is -1.06. The van der Waals surface area contributed by atoms with Crippen molar-refractivity contribution >= 4 is 11.9 Å². The fourth-order valence-electron chi connectivity index (χ4n) is 3.63. The van der Waals surface area contributed by atoms with E-state index < -0.39 is 23.5 Å². The first-order valence-corrected chi connectivity index (χ1v) is 6.67. The Morgan fingerprint density at radius 1 is 1.39 bits per heavy atom. The van der Waals surface area contributed by atoms with Crippen LogP contribution < -0.4 is 0 Å². The molecule has 1 saturated carbocycles. The van der Waals surface area contributed by atoms with Crippen LogP contribution in [0.4, 0.5) is 0 Å². The molecule has 0 amide bonds. The lowest BCUT2D eigenvalue weighted by atomic mass is 9.62. The van der Waals surface area contributed by atoms with Gasteiger partial charge in [0.05, 0.1) is 7.11 Å². The van der Waals surface area contributed by atoms with Crippen molar-refractivity contribution in [3.8, 4) is 0 Å². The Labute approximate surface area is 108 Å². The van der Waals surface area contributed by atoms with Crippen LogP contribution in [-0.2, 0) is 19.1 Å². The molecule has 4 heteroatoms. The van der Waals surface area contributed by atoms with Gasteiger partial charge in [-0.15, -0.1) is 0 Å². The minimum atomic E-state index is -0.726. The van der Waals surface area contributed by atoms with Crippen LogP contribution in [0.1, 0.15) is 40.0 Å². The summed E-state index contributed by atoms with van der Waals surface area (Å²) in [6.45, 7) is 6.08. The molecule has 0 bridgehead atoms. The zero-order chi connectivity index (χ0) is 13.5. The number of fused-ring (bicyclic) bond motifs is 1. The van der Waals surface area contributed by atoms with E-state index in [2.05, 4.69) is 6.92 Å². The average molecular weight is 254 g/mol. The molecule has 1 aliphatic carbocycles. The van der Waals surface area contributed by atoms with Gasteiger partial charge < -0.3 is 9.47 Å². The fourth-order valence-corrected chi connectivity index (χ4v) is 3.63. The molecule has 0 unspecified atom stereocenters. The Morgan fingerprint density at radius 2 is 2.06 bits per heavy atom. The van der Waals surface area contributed by atoms with Crippen LogP contribution in [0.15, 0.2) is 0 Å². The van der Waals surface area contributed by atoms with Crippen LogP contribution in [0.2, 0.25) is 0 Å². The molecule has 2 aliphatic rings. The second kappa shape index (κ2) is 4.56. The highest BCUT2D eigenvalue weighted by Gasteiger charge is 2.54. The van der Waals surface area contributed by atoms with E-state index in [9.17, 15) is 9.59 Å². The maximum Gasteiger partial charge on any atom is 0.321 e. The molecule has 4 atom stereocenters. The van der Waals surface area contributed by atoms with Gasteiger partial charge in [-0.3, -0.25) is 9.59 Å². The molecule has 4 nitrogen and oxygen atoms in total. The minimum absolute atomic E-state index is 0.0671. The van der Waals surface area contributed by atoms with Crippen LogP contribution in [0.3, 0.4) is 0 Å². The van der Waals surface area contributed by atoms with Gasteiger partial charge in [-0.1, -0.05) is 13.3 Å². The van der Waals surface area contributed by atoms with E-state index in [1.54, 1.807) is 0 Å². The molecule has 1 saturated heterocycles. The molecule has 1 heterocycles. The Kier molecular flexibility index (Phi) is 3.39. The maximum absolute atomic E-state index is 12.0. The second-order valence-electron chi connectivity index (χ2n) is 6.21. The summed E-state index contributed by atoms with van der Waals surface area (Å²) in [4.78, 5) is 23.9. The van der Waals surface area contributed by atoms with Crippen molar-refractivity contribution in [1.82, 2.24) is 0 Å². The zero-order valence-electron chi connectivity index (χ0n) is 11.6. The van der Waals surface area contributed by atoms with E-state index in [1.165, 1.54) is 7.11 Å². The normalized spacial score (nSPS) is 38.6. The van der Waals surface area contributed by atoms with Crippen LogP contribution in [0.25, 0.3) is 0 Å². The molecular weight excluding hydrogens is 232 g/mol. The summed E-state index contributed by atoms with van der Waals surface area (Å²) in [7, 11) is 1.33. The Morgan fingerprint density at radius 3 is 2.67 bits per heavy atom. The Bertz CT molecular complexity index is 361. The van der Waals surface area contributed by atoms with Crippen molar-refractivity contribution in [1.29, 1.82) is 0 Å². The molecular formula is C14H22O4. The average Bonchev–Trinajstić information content (AvgIpc) is 2.26. The van der Waals surface area contributed by atoms with Crippen molar-refractivity contribution in [2.75, 3.05) is 7.11 Å². The lowest BCUT2D eigenvalue weighted by molar-refractivity contribution is -0.199. The molecule has 1 aliphatic heterocycles. The third-order valence-electron chi connectivity index (χ3n) is 4.56. The number of rotatable bonds is 1. The molecule has 0 aromatic carbocycles. The van der Waals surface area contributed by atoms with Crippen molar-refractivity contribution in [3.63, 3.8) is 0 Å². The van der Waals surface area contributed by atoms with E-state index in [4.69, 9.17) is 9.47 Å². The van der Waals surface area contributed by atoms with Crippen molar-refractivity contribution in [2.24, 2.45) is 23.7 Å². The number of cyclic esters (lactones) is 1. The van der Waals surface area contributed by atoms with E-state index in [-0.39, 0.29) is 11.8 Å². The monoisotopic (exact) mass is 254 g/mol. The topological polar surface area (TPSA) is 52.6 Å². The van der Waals surface area contributed by atoms with Crippen LogP contribution >= 0.6 is 0 Å². The third kappa shape index (κ3) is 2.13. The minimum Gasteiger partial charge on any atom is -0.468 e. The van der Waals surface area contributed by atoms with Crippen molar-refractivity contribution < 1.29 is 19.1 Å². The van der Waals surface area contributed by atoms with E-state index in [1.807, 2.05) is 13.8 Å². The lowest BCUT2D eigenvalue weighted by Crippen LogP contribution is -2.55. The predicted molar refractivity (Wildman–Crippen MR) is 65.7 cm³/mol. The van der Waals surface area contributed by atoms with Crippen LogP contribution in [-0.4, -0.2) is 24.6 Å². The number of carbonyl (C=O) groups is 2. The first-order chi connectivity index (χ1) is 8.36. The van der Waals surface area contributed by atoms with Gasteiger partial charge in [0.15, 0.2) is 5.92 Å². The quantitative estimate of drug-likeness (QED) is 0.531. The van der Waals surface area contributed by atoms with Gasteiger partial charge in [-0.05, 0) is 38.5 Å². The highest BCUT2D eigenvalue weighted by molar-refractivity contribution is 5.96. The highest BCUT2D eigenvalue weighted by Crippen LogP contribution is 2.48. The molecule has 0 aromatic heterocycles. The summed E-state index contributed by atoms with van der Waals surface area (Å²) in [6, 6.07) is 0. The summed E-state index contributed by atoms with van der Waals surface area (Å²) in [5, 5.41) is 0. The molecule has 0 aromatic rings. The summed E-state index contributed by atoms with van der Waals surface area (Å²) < 4.78 is 10.2. The van der Waals surface area contributed by atoms with Crippen LogP contribution in [0.5, 0.6) is 0 Å². The summed E-state index contributed by atoms with van der Waals surface area (Å²) in [6.07, 6.45) is 3.05. The molecule has 102 valence electrons.